The van der Waals surface area contributed by atoms with Gasteiger partial charge in [-0.2, -0.15) is 44.0 Å². The second kappa shape index (κ2) is 7.89. The molecule has 10 N–H and O–H groups in total. The molecule has 1 atom stereocenters. The maximum Gasteiger partial charge on any atom is 0.509 e. The van der Waals surface area contributed by atoms with Crippen LogP contribution in [0.3, 0.4) is 0 Å². The van der Waals surface area contributed by atoms with Gasteiger partial charge in [0.05, 0.1) is 0 Å². The fourth-order valence-corrected chi connectivity index (χ4v) is 10.1. The van der Waals surface area contributed by atoms with Gasteiger partial charge in [-0.15, -0.1) is 0 Å². The highest BCUT2D eigenvalue weighted by Crippen LogP contribution is 2.94. The summed E-state index contributed by atoms with van der Waals surface area (Å²) in [5.74, 6) is -1.78. The number of aryl methyl sites for hydroxylation is 1. The first kappa shape index (κ1) is 26.0. The molecular formula is C15H30O10P3+3. The van der Waals surface area contributed by atoms with Crippen LogP contribution in [0.2, 0.25) is 0 Å². The number of phenols is 1. The van der Waals surface area contributed by atoms with Crippen molar-refractivity contribution >= 4 is 23.8 Å². The minimum Gasteiger partial charge on any atom is -0.507 e. The van der Waals surface area contributed by atoms with Crippen LogP contribution in [-0.2, 0) is 5.41 Å². The van der Waals surface area contributed by atoms with Gasteiger partial charge in [0.2, 0.25) is 0 Å². The van der Waals surface area contributed by atoms with Gasteiger partial charge in [0.15, 0.2) is 0 Å². The van der Waals surface area contributed by atoms with E-state index in [1.165, 1.54) is 26.0 Å². The minimum atomic E-state index is -5.68. The second-order valence-corrected chi connectivity index (χ2v) is 14.4. The molecule has 162 valence electrons. The van der Waals surface area contributed by atoms with E-state index in [4.69, 9.17) is 0 Å². The number of benzene rings is 1. The Bertz CT molecular complexity index is 677. The Kier molecular flexibility index (Phi) is 7.33. The number of phenolic OH excluding ortho intramolecular Hbond substituents is 1. The van der Waals surface area contributed by atoms with Gasteiger partial charge in [0.1, 0.15) is 11.7 Å². The Morgan fingerprint density at radius 1 is 0.821 bits per heavy atom. The van der Waals surface area contributed by atoms with Gasteiger partial charge in [-0.25, -0.2) is 0 Å². The van der Waals surface area contributed by atoms with Gasteiger partial charge in [-0.3, -0.25) is 0 Å². The molecule has 0 aliphatic heterocycles. The summed E-state index contributed by atoms with van der Waals surface area (Å²) < 4.78 is -3.61. The highest BCUT2D eigenvalue weighted by atomic mass is 31.3. The fraction of sp³-hybridized carbons (Fsp3) is 0.600. The minimum absolute atomic E-state index is 0.0206. The van der Waals surface area contributed by atoms with Crippen molar-refractivity contribution in [3.8, 4) is 5.75 Å². The molecule has 0 amide bonds. The van der Waals surface area contributed by atoms with Crippen molar-refractivity contribution in [2.24, 2.45) is 0 Å². The van der Waals surface area contributed by atoms with Gasteiger partial charge in [0.25, 0.3) is 0 Å². The average molecular weight is 463 g/mol. The molecule has 1 aromatic rings. The number of aromatic hydroxyl groups is 1. The quantitative estimate of drug-likeness (QED) is 0.275. The molecule has 0 saturated heterocycles. The molecule has 13 heteroatoms. The summed E-state index contributed by atoms with van der Waals surface area (Å²) in [6, 6.07) is 2.65. The monoisotopic (exact) mass is 463 g/mol. The van der Waals surface area contributed by atoms with Crippen molar-refractivity contribution in [1.29, 1.82) is 0 Å². The highest BCUT2D eigenvalue weighted by molar-refractivity contribution is 7.95. The molecule has 0 aromatic heterocycles. The van der Waals surface area contributed by atoms with Crippen molar-refractivity contribution < 1.29 is 49.1 Å². The molecule has 0 aliphatic carbocycles. The number of hydrogen-bond acceptors (Lipinski definition) is 10. The predicted octanol–water partition coefficient (Wildman–Crippen LogP) is 1.36. The van der Waals surface area contributed by atoms with Crippen LogP contribution >= 0.6 is 23.8 Å². The smallest absolute Gasteiger partial charge is 0.507 e. The molecule has 1 aromatic carbocycles. The largest absolute Gasteiger partial charge is 0.509 e. The number of rotatable bonds is 6. The molecule has 0 spiro atoms. The van der Waals surface area contributed by atoms with E-state index >= 15 is 0 Å². The van der Waals surface area contributed by atoms with E-state index in [-0.39, 0.29) is 17.7 Å². The Morgan fingerprint density at radius 2 is 1.21 bits per heavy atom. The van der Waals surface area contributed by atoms with E-state index in [2.05, 4.69) is 0 Å². The molecule has 0 saturated carbocycles. The zero-order valence-electron chi connectivity index (χ0n) is 16.3. The van der Waals surface area contributed by atoms with Crippen LogP contribution in [0.5, 0.6) is 5.75 Å². The van der Waals surface area contributed by atoms with Crippen LogP contribution in [0.1, 0.15) is 56.7 Å². The summed E-state index contributed by atoms with van der Waals surface area (Å²) in [5.41, 5.74) is 0.0575. The first-order valence-corrected chi connectivity index (χ1v) is 13.2. The van der Waals surface area contributed by atoms with E-state index in [1.807, 2.05) is 0 Å². The highest BCUT2D eigenvalue weighted by Gasteiger charge is 2.98. The van der Waals surface area contributed by atoms with Gasteiger partial charge in [0, 0.05) is 0 Å². The maximum absolute atomic E-state index is 10.4. The van der Waals surface area contributed by atoms with Crippen LogP contribution in [0.25, 0.3) is 0 Å². The van der Waals surface area contributed by atoms with Crippen LogP contribution < -0.4 is 0 Å². The van der Waals surface area contributed by atoms with Crippen molar-refractivity contribution in [2.45, 2.75) is 57.0 Å². The summed E-state index contributed by atoms with van der Waals surface area (Å²) in [6.07, 6.45) is -0.274. The summed E-state index contributed by atoms with van der Waals surface area (Å²) in [4.78, 5) is 89.9. The first-order chi connectivity index (χ1) is 12.2. The van der Waals surface area contributed by atoms with E-state index in [0.29, 0.717) is 11.1 Å². The molecule has 1 rings (SSSR count). The predicted molar refractivity (Wildman–Crippen MR) is 108 cm³/mol. The number of hydrogen-bond donors (Lipinski definition) is 10. The lowest BCUT2D eigenvalue weighted by molar-refractivity contribution is 0.234. The molecule has 28 heavy (non-hydrogen) atoms. The molecule has 1 unspecified atom stereocenters. The lowest BCUT2D eigenvalue weighted by Crippen LogP contribution is -2.43. The molecule has 0 bridgehead atoms. The third kappa shape index (κ3) is 4.35. The fourth-order valence-electron chi connectivity index (χ4n) is 3.48. The Labute approximate surface area is 165 Å². The first-order valence-electron chi connectivity index (χ1n) is 8.29. The summed E-state index contributed by atoms with van der Waals surface area (Å²) in [5, 5.41) is 10.4. The normalized spacial score (nSPS) is 15.6. The van der Waals surface area contributed by atoms with Gasteiger partial charge in [-0.05, 0) is 35.4 Å². The molecule has 0 fully saturated rings. The van der Waals surface area contributed by atoms with Crippen LogP contribution in [0, 0.1) is 6.92 Å². The lowest BCUT2D eigenvalue weighted by Gasteiger charge is -2.34. The third-order valence-electron chi connectivity index (χ3n) is 4.73. The standard InChI is InChI=1S/C15H29O10P3/c1-6-11(10-7-9(2)13(16)12(8-10)14(3,4)5)15(26(17,18)19,27(20,21)22)28(23,24)25/h7-8,11,17-25H,6H2,1-5H3/q+2/p+1. The van der Waals surface area contributed by atoms with Crippen LogP contribution in [0.15, 0.2) is 12.1 Å². The van der Waals surface area contributed by atoms with Gasteiger partial charge in [-0.1, -0.05) is 39.8 Å². The lowest BCUT2D eigenvalue weighted by atomic mass is 9.82. The van der Waals surface area contributed by atoms with Crippen molar-refractivity contribution in [3.05, 3.63) is 28.8 Å². The molecule has 0 aliphatic rings. The molecule has 0 heterocycles. The van der Waals surface area contributed by atoms with Crippen molar-refractivity contribution in [3.63, 3.8) is 0 Å². The van der Waals surface area contributed by atoms with Crippen LogP contribution in [-0.4, -0.2) is 53.8 Å². The summed E-state index contributed by atoms with van der Waals surface area (Å²) in [7, 11) is -17.1. The zero-order valence-corrected chi connectivity index (χ0v) is 18.9. The van der Waals surface area contributed by atoms with E-state index in [0.717, 1.165) is 0 Å². The topological polar surface area (TPSA) is 202 Å². The van der Waals surface area contributed by atoms with E-state index < -0.39 is 39.8 Å². The molecular weight excluding hydrogens is 433 g/mol. The van der Waals surface area contributed by atoms with E-state index in [9.17, 15) is 49.1 Å². The molecule has 10 nitrogen and oxygen atoms in total. The van der Waals surface area contributed by atoms with E-state index in [1.54, 1.807) is 20.8 Å². The van der Waals surface area contributed by atoms with Crippen molar-refractivity contribution in [1.82, 2.24) is 0 Å². The zero-order chi connectivity index (χ0) is 22.5. The second-order valence-electron chi connectivity index (χ2n) is 7.84. The Morgan fingerprint density at radius 3 is 1.50 bits per heavy atom. The van der Waals surface area contributed by atoms with Crippen molar-refractivity contribution in [2.75, 3.05) is 0 Å². The van der Waals surface area contributed by atoms with Crippen LogP contribution in [0.4, 0.5) is 0 Å². The Balaban J connectivity index is 4.02. The third-order valence-corrected chi connectivity index (χ3v) is 13.1. The Hall–Kier alpha value is -0.0500. The van der Waals surface area contributed by atoms with Gasteiger partial charge < -0.3 is 5.11 Å². The summed E-state index contributed by atoms with van der Waals surface area (Å²) >= 11 is 0. The maximum atomic E-state index is 10.4. The van der Waals surface area contributed by atoms with Gasteiger partial charge >= 0.3 is 28.5 Å². The average Bonchev–Trinajstić information content (AvgIpc) is 2.41. The summed E-state index contributed by atoms with van der Waals surface area (Å²) in [6.45, 7) is 8.21. The molecule has 0 radical (unpaired) electrons. The SMILES string of the molecule is CCC(c1cc(C)c(O)c(C(C)(C)C)c1)C([P+](O)(O)O)([P+](O)(O)O)[P+](O)(O)O.